The number of pyridine rings is 1. The largest absolute Gasteiger partial charge is 0.298 e. The molecular weight excluding hydrogens is 439 g/mol. The molecule has 5 nitrogen and oxygen atoms in total. The lowest BCUT2D eigenvalue weighted by Gasteiger charge is -2.14. The standard InChI is InChI=1S/C26H22ClFN4O/c27-22-8-1-2-9-24(22)32-25(30-23-12-10-18(28)16-21(23)26(32)33)13-11-19-6-5-7-20(29-19)17-31-14-3-4-15-31/h1-2,5-13,16H,3-4,14-15,17H2/b13-11+. The highest BCUT2D eigenvalue weighted by molar-refractivity contribution is 6.32. The van der Waals surface area contributed by atoms with Crippen LogP contribution in [-0.4, -0.2) is 32.5 Å². The number of fused-ring (bicyclic) bond motifs is 1. The molecule has 166 valence electrons. The zero-order valence-electron chi connectivity index (χ0n) is 17.9. The predicted octanol–water partition coefficient (Wildman–Crippen LogP) is 5.34. The number of rotatable bonds is 5. The summed E-state index contributed by atoms with van der Waals surface area (Å²) >= 11 is 6.40. The van der Waals surface area contributed by atoms with Crippen LogP contribution in [0.3, 0.4) is 0 Å². The van der Waals surface area contributed by atoms with E-state index in [0.29, 0.717) is 22.1 Å². The average molecular weight is 461 g/mol. The lowest BCUT2D eigenvalue weighted by atomic mass is 10.2. The lowest BCUT2D eigenvalue weighted by Crippen LogP contribution is -2.22. The number of benzene rings is 2. The Hall–Kier alpha value is -3.35. The van der Waals surface area contributed by atoms with Gasteiger partial charge in [0.05, 0.1) is 33.0 Å². The second-order valence-electron chi connectivity index (χ2n) is 8.09. The third-order valence-electron chi connectivity index (χ3n) is 5.77. The molecule has 0 N–H and O–H groups in total. The highest BCUT2D eigenvalue weighted by atomic mass is 35.5. The van der Waals surface area contributed by atoms with Crippen LogP contribution in [0.4, 0.5) is 4.39 Å². The molecule has 33 heavy (non-hydrogen) atoms. The summed E-state index contributed by atoms with van der Waals surface area (Å²) in [6.07, 6.45) is 6.04. The minimum Gasteiger partial charge on any atom is -0.298 e. The molecule has 4 aromatic rings. The molecule has 0 amide bonds. The fourth-order valence-corrected chi connectivity index (χ4v) is 4.38. The molecule has 7 heteroatoms. The first-order chi connectivity index (χ1) is 16.1. The van der Waals surface area contributed by atoms with E-state index in [1.807, 2.05) is 24.3 Å². The predicted molar refractivity (Wildman–Crippen MR) is 130 cm³/mol. The van der Waals surface area contributed by atoms with Gasteiger partial charge in [0.25, 0.3) is 5.56 Å². The number of para-hydroxylation sites is 1. The SMILES string of the molecule is O=c1c2cc(F)ccc2nc(/C=C/c2cccc(CN3CCCC3)n2)n1-c1ccccc1Cl. The van der Waals surface area contributed by atoms with Crippen LogP contribution in [0.25, 0.3) is 28.7 Å². The summed E-state index contributed by atoms with van der Waals surface area (Å²) in [6, 6.07) is 17.0. The Morgan fingerprint density at radius 3 is 2.61 bits per heavy atom. The van der Waals surface area contributed by atoms with Crippen molar-refractivity contribution in [2.24, 2.45) is 0 Å². The van der Waals surface area contributed by atoms with E-state index in [9.17, 15) is 9.18 Å². The smallest absolute Gasteiger partial charge is 0.266 e. The fourth-order valence-electron chi connectivity index (χ4n) is 4.16. The molecule has 0 aliphatic carbocycles. The molecule has 2 aromatic carbocycles. The summed E-state index contributed by atoms with van der Waals surface area (Å²) in [4.78, 5) is 25.1. The molecular formula is C26H22ClFN4O. The number of hydrogen-bond acceptors (Lipinski definition) is 4. The molecule has 0 bridgehead atoms. The van der Waals surface area contributed by atoms with Gasteiger partial charge in [-0.1, -0.05) is 29.8 Å². The zero-order chi connectivity index (χ0) is 22.8. The first-order valence-electron chi connectivity index (χ1n) is 10.9. The Labute approximate surface area is 195 Å². The van der Waals surface area contributed by atoms with Crippen molar-refractivity contribution in [1.82, 2.24) is 19.4 Å². The van der Waals surface area contributed by atoms with Crippen molar-refractivity contribution < 1.29 is 4.39 Å². The van der Waals surface area contributed by atoms with E-state index in [1.165, 1.54) is 35.6 Å². The minimum atomic E-state index is -0.491. The zero-order valence-corrected chi connectivity index (χ0v) is 18.7. The Kier molecular flexibility index (Phi) is 6.03. The van der Waals surface area contributed by atoms with Crippen molar-refractivity contribution in [2.75, 3.05) is 13.1 Å². The normalized spacial score (nSPS) is 14.5. The number of nitrogens with zero attached hydrogens (tertiary/aromatic N) is 4. The van der Waals surface area contributed by atoms with Crippen molar-refractivity contribution in [3.05, 3.63) is 99.1 Å². The quantitative estimate of drug-likeness (QED) is 0.403. The number of aromatic nitrogens is 3. The molecule has 5 rings (SSSR count). The summed E-state index contributed by atoms with van der Waals surface area (Å²) < 4.78 is 15.3. The van der Waals surface area contributed by atoms with Gasteiger partial charge in [-0.15, -0.1) is 0 Å². The summed E-state index contributed by atoms with van der Waals surface area (Å²) in [6.45, 7) is 3.03. The van der Waals surface area contributed by atoms with Crippen LogP contribution in [0.5, 0.6) is 0 Å². The Morgan fingerprint density at radius 2 is 1.79 bits per heavy atom. The minimum absolute atomic E-state index is 0.192. The van der Waals surface area contributed by atoms with Crippen molar-refractivity contribution in [3.8, 4) is 5.69 Å². The third-order valence-corrected chi connectivity index (χ3v) is 6.08. The maximum absolute atomic E-state index is 13.9. The Balaban J connectivity index is 1.58. The van der Waals surface area contributed by atoms with Crippen molar-refractivity contribution in [1.29, 1.82) is 0 Å². The summed E-state index contributed by atoms with van der Waals surface area (Å²) in [7, 11) is 0. The molecule has 0 atom stereocenters. The van der Waals surface area contributed by atoms with E-state index in [2.05, 4.69) is 9.88 Å². The fraction of sp³-hybridized carbons (Fsp3) is 0.192. The van der Waals surface area contributed by atoms with E-state index in [0.717, 1.165) is 31.0 Å². The van der Waals surface area contributed by atoms with Gasteiger partial charge in [0.1, 0.15) is 11.6 Å². The molecule has 0 unspecified atom stereocenters. The van der Waals surface area contributed by atoms with Crippen LogP contribution < -0.4 is 5.56 Å². The maximum atomic E-state index is 13.9. The molecule has 1 aliphatic heterocycles. The number of halogens is 2. The van der Waals surface area contributed by atoms with Crippen LogP contribution in [0.15, 0.2) is 65.5 Å². The molecule has 1 fully saturated rings. The summed E-state index contributed by atoms with van der Waals surface area (Å²) in [5, 5.41) is 0.593. The van der Waals surface area contributed by atoms with Gasteiger partial charge in [0.2, 0.25) is 0 Å². The number of likely N-dealkylation sites (tertiary alicyclic amines) is 1. The molecule has 1 aliphatic rings. The molecule has 0 radical (unpaired) electrons. The van der Waals surface area contributed by atoms with Crippen LogP contribution in [0.2, 0.25) is 5.02 Å². The number of hydrogen-bond donors (Lipinski definition) is 0. The topological polar surface area (TPSA) is 51.0 Å². The lowest BCUT2D eigenvalue weighted by molar-refractivity contribution is 0.327. The van der Waals surface area contributed by atoms with E-state index >= 15 is 0 Å². The van der Waals surface area contributed by atoms with Gasteiger partial charge in [-0.3, -0.25) is 19.2 Å². The van der Waals surface area contributed by atoms with Gasteiger partial charge in [-0.05, 0) is 80.5 Å². The van der Waals surface area contributed by atoms with E-state index < -0.39 is 5.82 Å². The van der Waals surface area contributed by atoms with Crippen LogP contribution in [-0.2, 0) is 6.54 Å². The molecule has 1 saturated heterocycles. The first-order valence-corrected chi connectivity index (χ1v) is 11.3. The average Bonchev–Trinajstić information content (AvgIpc) is 3.32. The second kappa shape index (κ2) is 9.25. The summed E-state index contributed by atoms with van der Waals surface area (Å²) in [5.41, 5.74) is 2.29. The van der Waals surface area contributed by atoms with Gasteiger partial charge in [0.15, 0.2) is 0 Å². The van der Waals surface area contributed by atoms with Crippen molar-refractivity contribution in [3.63, 3.8) is 0 Å². The van der Waals surface area contributed by atoms with Gasteiger partial charge < -0.3 is 0 Å². The van der Waals surface area contributed by atoms with Crippen LogP contribution in [0.1, 0.15) is 30.1 Å². The molecule has 0 spiro atoms. The van der Waals surface area contributed by atoms with Crippen LogP contribution in [0, 0.1) is 5.82 Å². The van der Waals surface area contributed by atoms with E-state index in [-0.39, 0.29) is 10.9 Å². The van der Waals surface area contributed by atoms with E-state index in [4.69, 9.17) is 16.6 Å². The first kappa shape index (κ1) is 21.5. The van der Waals surface area contributed by atoms with Crippen molar-refractivity contribution in [2.45, 2.75) is 19.4 Å². The van der Waals surface area contributed by atoms with Gasteiger partial charge in [0, 0.05) is 6.54 Å². The van der Waals surface area contributed by atoms with Gasteiger partial charge >= 0.3 is 0 Å². The van der Waals surface area contributed by atoms with Gasteiger partial charge in [-0.2, -0.15) is 0 Å². The Bertz CT molecular complexity index is 1410. The monoisotopic (exact) mass is 460 g/mol. The summed E-state index contributed by atoms with van der Waals surface area (Å²) in [5.74, 6) is -0.103. The van der Waals surface area contributed by atoms with E-state index in [1.54, 1.807) is 30.3 Å². The molecule has 3 heterocycles. The Morgan fingerprint density at radius 1 is 0.970 bits per heavy atom. The van der Waals surface area contributed by atoms with Gasteiger partial charge in [-0.25, -0.2) is 9.37 Å². The maximum Gasteiger partial charge on any atom is 0.266 e. The second-order valence-corrected chi connectivity index (χ2v) is 8.50. The van der Waals surface area contributed by atoms with Crippen LogP contribution >= 0.6 is 11.6 Å². The molecule has 0 saturated carbocycles. The molecule has 2 aromatic heterocycles. The highest BCUT2D eigenvalue weighted by Crippen LogP contribution is 2.22. The highest BCUT2D eigenvalue weighted by Gasteiger charge is 2.15. The van der Waals surface area contributed by atoms with Crippen molar-refractivity contribution >= 4 is 34.7 Å². The third kappa shape index (κ3) is 4.58.